The minimum atomic E-state index is -0.349. The lowest BCUT2D eigenvalue weighted by Gasteiger charge is -1.93. The maximum atomic E-state index is 10.9. The Hall–Kier alpha value is -1.88. The number of hydrogen-bond acceptors (Lipinski definition) is 2. The third-order valence-corrected chi connectivity index (χ3v) is 1.39. The third-order valence-electron chi connectivity index (χ3n) is 1.39. The molecule has 0 aliphatic carbocycles. The first-order chi connectivity index (χ1) is 5.77. The first kappa shape index (κ1) is 8.22. The van der Waals surface area contributed by atoms with Crippen LogP contribution in [0.1, 0.15) is 16.1 Å². The lowest BCUT2D eigenvalue weighted by molar-refractivity contribution is 0.105. The Morgan fingerprint density at radius 2 is 2.42 bits per heavy atom. The molecule has 0 aromatic carbocycles. The SMILES string of the molecule is C#CC(=O)c1ccc(C=C)nc1. The lowest BCUT2D eigenvalue weighted by Crippen LogP contribution is -1.95. The Bertz CT molecular complexity index is 343. The Morgan fingerprint density at radius 3 is 2.83 bits per heavy atom. The zero-order valence-electron chi connectivity index (χ0n) is 6.45. The average Bonchev–Trinajstić information content (AvgIpc) is 2.17. The van der Waals surface area contributed by atoms with Gasteiger partial charge in [0, 0.05) is 11.8 Å². The van der Waals surface area contributed by atoms with Crippen LogP contribution in [0.3, 0.4) is 0 Å². The quantitative estimate of drug-likeness (QED) is 0.370. The van der Waals surface area contributed by atoms with Crippen LogP contribution in [0.15, 0.2) is 24.9 Å². The van der Waals surface area contributed by atoms with Crippen molar-refractivity contribution in [2.24, 2.45) is 0 Å². The van der Waals surface area contributed by atoms with Crippen LogP contribution >= 0.6 is 0 Å². The molecule has 0 N–H and O–H groups in total. The van der Waals surface area contributed by atoms with Crippen LogP contribution in [0.2, 0.25) is 0 Å². The highest BCUT2D eigenvalue weighted by molar-refractivity contribution is 6.08. The van der Waals surface area contributed by atoms with Crippen LogP contribution in [0.25, 0.3) is 6.08 Å². The van der Waals surface area contributed by atoms with Crippen molar-refractivity contribution in [1.82, 2.24) is 4.98 Å². The number of nitrogens with zero attached hydrogens (tertiary/aromatic N) is 1. The molecule has 1 aromatic heterocycles. The fourth-order valence-corrected chi connectivity index (χ4v) is 0.744. The summed E-state index contributed by atoms with van der Waals surface area (Å²) < 4.78 is 0. The van der Waals surface area contributed by atoms with Gasteiger partial charge in [-0.15, -0.1) is 6.42 Å². The molecule has 0 aliphatic rings. The van der Waals surface area contributed by atoms with E-state index in [0.29, 0.717) is 5.56 Å². The van der Waals surface area contributed by atoms with Crippen molar-refractivity contribution >= 4 is 11.9 Å². The van der Waals surface area contributed by atoms with Crippen molar-refractivity contribution in [3.05, 3.63) is 36.2 Å². The second-order valence-electron chi connectivity index (χ2n) is 2.15. The average molecular weight is 157 g/mol. The van der Waals surface area contributed by atoms with Gasteiger partial charge in [0.15, 0.2) is 0 Å². The molecule has 1 rings (SSSR count). The maximum Gasteiger partial charge on any atom is 0.237 e. The Kier molecular flexibility index (Phi) is 2.39. The summed E-state index contributed by atoms with van der Waals surface area (Å²) in [6.45, 7) is 3.54. The summed E-state index contributed by atoms with van der Waals surface area (Å²) in [5.74, 6) is 1.66. The monoisotopic (exact) mass is 157 g/mol. The fraction of sp³-hybridized carbons (Fsp3) is 0. The summed E-state index contributed by atoms with van der Waals surface area (Å²) in [6, 6.07) is 3.32. The van der Waals surface area contributed by atoms with Gasteiger partial charge in [0.05, 0.1) is 5.69 Å². The smallest absolute Gasteiger partial charge is 0.237 e. The normalized spacial score (nSPS) is 8.58. The summed E-state index contributed by atoms with van der Waals surface area (Å²) in [4.78, 5) is 14.8. The topological polar surface area (TPSA) is 30.0 Å². The molecule has 0 spiro atoms. The molecule has 2 nitrogen and oxygen atoms in total. The highest BCUT2D eigenvalue weighted by Gasteiger charge is 2.00. The molecular weight excluding hydrogens is 150 g/mol. The zero-order chi connectivity index (χ0) is 8.97. The summed E-state index contributed by atoms with van der Waals surface area (Å²) >= 11 is 0. The molecule has 58 valence electrons. The molecule has 12 heavy (non-hydrogen) atoms. The molecule has 0 atom stereocenters. The molecule has 0 saturated heterocycles. The second kappa shape index (κ2) is 3.49. The van der Waals surface area contributed by atoms with E-state index < -0.39 is 0 Å². The molecule has 0 fully saturated rings. The maximum absolute atomic E-state index is 10.9. The van der Waals surface area contributed by atoms with E-state index in [2.05, 4.69) is 11.6 Å². The number of Topliss-reactive ketones (excluding diaryl/α,β-unsaturated/α-hetero) is 1. The van der Waals surface area contributed by atoms with E-state index in [4.69, 9.17) is 6.42 Å². The van der Waals surface area contributed by atoms with Crippen molar-refractivity contribution < 1.29 is 4.79 Å². The summed E-state index contributed by atoms with van der Waals surface area (Å²) in [6.07, 6.45) is 7.97. The number of rotatable bonds is 2. The number of terminal acetylenes is 1. The number of pyridine rings is 1. The van der Waals surface area contributed by atoms with Gasteiger partial charge in [0.2, 0.25) is 5.78 Å². The first-order valence-corrected chi connectivity index (χ1v) is 3.37. The van der Waals surface area contributed by atoms with Gasteiger partial charge in [-0.05, 0) is 24.1 Å². The molecular formula is C10H7NO. The third kappa shape index (κ3) is 1.58. The Balaban J connectivity index is 3.01. The molecule has 0 aliphatic heterocycles. The molecule has 1 aromatic rings. The Morgan fingerprint density at radius 1 is 1.67 bits per heavy atom. The fourth-order valence-electron chi connectivity index (χ4n) is 0.744. The number of carbonyl (C=O) groups is 1. The van der Waals surface area contributed by atoms with Crippen LogP contribution in [-0.4, -0.2) is 10.8 Å². The molecule has 0 radical (unpaired) electrons. The number of ketones is 1. The molecule has 0 amide bonds. The van der Waals surface area contributed by atoms with Gasteiger partial charge in [0.1, 0.15) is 0 Å². The van der Waals surface area contributed by atoms with Gasteiger partial charge in [-0.25, -0.2) is 0 Å². The highest BCUT2D eigenvalue weighted by Crippen LogP contribution is 2.01. The van der Waals surface area contributed by atoms with Crippen molar-refractivity contribution in [1.29, 1.82) is 0 Å². The lowest BCUT2D eigenvalue weighted by atomic mass is 10.2. The van der Waals surface area contributed by atoms with E-state index in [9.17, 15) is 4.79 Å². The number of aromatic nitrogens is 1. The predicted octanol–water partition coefficient (Wildman–Crippen LogP) is 1.54. The standard InChI is InChI=1S/C10H7NO/c1-3-9-6-5-8(7-11-9)10(12)4-2/h2-3,5-7H,1H2. The van der Waals surface area contributed by atoms with Crippen LogP contribution in [0.5, 0.6) is 0 Å². The molecule has 0 saturated carbocycles. The van der Waals surface area contributed by atoms with Gasteiger partial charge < -0.3 is 0 Å². The summed E-state index contributed by atoms with van der Waals surface area (Å²) in [5.41, 5.74) is 1.16. The van der Waals surface area contributed by atoms with Crippen LogP contribution in [-0.2, 0) is 0 Å². The van der Waals surface area contributed by atoms with E-state index in [-0.39, 0.29) is 5.78 Å². The second-order valence-corrected chi connectivity index (χ2v) is 2.15. The predicted molar refractivity (Wildman–Crippen MR) is 47.5 cm³/mol. The number of hydrogen-bond donors (Lipinski definition) is 0. The van der Waals surface area contributed by atoms with Crippen LogP contribution in [0.4, 0.5) is 0 Å². The van der Waals surface area contributed by atoms with E-state index >= 15 is 0 Å². The molecule has 0 unspecified atom stereocenters. The van der Waals surface area contributed by atoms with Crippen molar-refractivity contribution in [2.45, 2.75) is 0 Å². The van der Waals surface area contributed by atoms with Crippen LogP contribution in [0, 0.1) is 12.3 Å². The van der Waals surface area contributed by atoms with E-state index in [0.717, 1.165) is 5.69 Å². The van der Waals surface area contributed by atoms with Gasteiger partial charge in [-0.3, -0.25) is 9.78 Å². The molecule has 2 heteroatoms. The molecule has 1 heterocycles. The van der Waals surface area contributed by atoms with Crippen molar-refractivity contribution in [3.63, 3.8) is 0 Å². The van der Waals surface area contributed by atoms with Gasteiger partial charge in [0.25, 0.3) is 0 Å². The van der Waals surface area contributed by atoms with Crippen molar-refractivity contribution in [3.8, 4) is 12.3 Å². The van der Waals surface area contributed by atoms with Gasteiger partial charge in [-0.1, -0.05) is 6.58 Å². The zero-order valence-corrected chi connectivity index (χ0v) is 6.45. The summed E-state index contributed by atoms with van der Waals surface area (Å²) in [7, 11) is 0. The Labute approximate surface area is 70.9 Å². The van der Waals surface area contributed by atoms with E-state index in [1.165, 1.54) is 6.20 Å². The largest absolute Gasteiger partial charge is 0.279 e. The van der Waals surface area contributed by atoms with Gasteiger partial charge >= 0.3 is 0 Å². The van der Waals surface area contributed by atoms with Crippen molar-refractivity contribution in [2.75, 3.05) is 0 Å². The minimum Gasteiger partial charge on any atom is -0.279 e. The minimum absolute atomic E-state index is 0.349. The highest BCUT2D eigenvalue weighted by atomic mass is 16.1. The number of carbonyl (C=O) groups excluding carboxylic acids is 1. The van der Waals surface area contributed by atoms with Gasteiger partial charge in [-0.2, -0.15) is 0 Å². The van der Waals surface area contributed by atoms with E-state index in [1.54, 1.807) is 18.2 Å². The molecule has 0 bridgehead atoms. The summed E-state index contributed by atoms with van der Waals surface area (Å²) in [5, 5.41) is 0. The van der Waals surface area contributed by atoms with Crippen LogP contribution < -0.4 is 0 Å². The van der Waals surface area contributed by atoms with E-state index in [1.807, 2.05) is 5.92 Å². The first-order valence-electron chi connectivity index (χ1n) is 3.37.